The fourth-order valence-electron chi connectivity index (χ4n) is 1.28. The van der Waals surface area contributed by atoms with Crippen molar-refractivity contribution in [1.29, 1.82) is 0 Å². The molecule has 0 aromatic carbocycles. The molecule has 0 atom stereocenters. The summed E-state index contributed by atoms with van der Waals surface area (Å²) < 4.78 is 0. The van der Waals surface area contributed by atoms with E-state index < -0.39 is 0 Å². The number of nitrogens with two attached hydrogens (primary N) is 1. The Balaban J connectivity index is 0. The van der Waals surface area contributed by atoms with Gasteiger partial charge in [0.25, 0.3) is 0 Å². The van der Waals surface area contributed by atoms with Crippen LogP contribution in [0.2, 0.25) is 0 Å². The molecule has 0 saturated carbocycles. The third-order valence-electron chi connectivity index (χ3n) is 2.25. The summed E-state index contributed by atoms with van der Waals surface area (Å²) in [6, 6.07) is 0. The maximum Gasteiger partial charge on any atom is -0.0195 e. The Morgan fingerprint density at radius 3 is 1.58 bits per heavy atom. The zero-order chi connectivity index (χ0) is 10.1. The second-order valence-corrected chi connectivity index (χ2v) is 3.24. The molecule has 0 fully saturated rings. The van der Waals surface area contributed by atoms with E-state index in [2.05, 4.69) is 40.0 Å². The molecule has 0 aliphatic carbocycles. The fourth-order valence-corrected chi connectivity index (χ4v) is 1.28. The minimum atomic E-state index is 0.657. The summed E-state index contributed by atoms with van der Waals surface area (Å²) in [5.74, 6) is 1.41. The third kappa shape index (κ3) is 5.36. The Morgan fingerprint density at radius 2 is 1.50 bits per heavy atom. The topological polar surface area (TPSA) is 26.0 Å². The zero-order valence-corrected chi connectivity index (χ0v) is 9.35. The van der Waals surface area contributed by atoms with Crippen LogP contribution >= 0.6 is 0 Å². The van der Waals surface area contributed by atoms with Gasteiger partial charge < -0.3 is 5.73 Å². The quantitative estimate of drug-likeness (QED) is 0.646. The Bertz CT molecular complexity index is 102. The molecule has 0 aromatic rings. The highest BCUT2D eigenvalue weighted by Crippen LogP contribution is 2.23. The highest BCUT2D eigenvalue weighted by molar-refractivity contribution is 5.02. The van der Waals surface area contributed by atoms with Crippen LogP contribution in [0.3, 0.4) is 0 Å². The normalized spacial score (nSPS) is 9.67. The molecule has 1 heteroatoms. The van der Waals surface area contributed by atoms with Gasteiger partial charge in [-0.15, -0.1) is 0 Å². The molecule has 2 N–H and O–H groups in total. The van der Waals surface area contributed by atoms with Crippen LogP contribution in [0.4, 0.5) is 0 Å². The van der Waals surface area contributed by atoms with Gasteiger partial charge in [0, 0.05) is 0 Å². The van der Waals surface area contributed by atoms with Crippen molar-refractivity contribution in [2.24, 2.45) is 17.6 Å². The Kier molecular flexibility index (Phi) is 10.4. The summed E-state index contributed by atoms with van der Waals surface area (Å²) in [5.41, 5.74) is 5.92. The molecule has 0 saturated heterocycles. The lowest BCUT2D eigenvalue weighted by Gasteiger charge is -2.18. The smallest absolute Gasteiger partial charge is 0.0195 e. The molecular formula is C11H25N. The monoisotopic (exact) mass is 171 g/mol. The summed E-state index contributed by atoms with van der Waals surface area (Å²) in [4.78, 5) is 0. The fraction of sp³-hybridized carbons (Fsp3) is 0.818. The van der Waals surface area contributed by atoms with E-state index in [1.165, 1.54) is 25.5 Å². The average Bonchev–Trinajstić information content (AvgIpc) is 2.10. The molecule has 0 spiro atoms. The van der Waals surface area contributed by atoms with Gasteiger partial charge in [-0.05, 0) is 31.7 Å². The van der Waals surface area contributed by atoms with Gasteiger partial charge in [0.15, 0.2) is 0 Å². The molecule has 0 radical (unpaired) electrons. The first-order valence-corrected chi connectivity index (χ1v) is 4.89. The molecule has 0 aromatic heterocycles. The minimum Gasteiger partial charge on any atom is -0.333 e. The van der Waals surface area contributed by atoms with Crippen molar-refractivity contribution < 1.29 is 0 Å². The molecule has 0 amide bonds. The van der Waals surface area contributed by atoms with Gasteiger partial charge in [-0.25, -0.2) is 0 Å². The lowest BCUT2D eigenvalue weighted by atomic mass is 9.88. The molecule has 0 heterocycles. The zero-order valence-electron chi connectivity index (χ0n) is 9.35. The second-order valence-electron chi connectivity index (χ2n) is 3.24. The number of hydrogen-bond acceptors (Lipinski definition) is 1. The maximum atomic E-state index is 4.50. The van der Waals surface area contributed by atoms with E-state index in [0.717, 1.165) is 5.92 Å². The highest BCUT2D eigenvalue weighted by atomic mass is 14.4. The SMILES string of the molecule is C=C(C(C)C)C(CC)CC.CN. The highest BCUT2D eigenvalue weighted by Gasteiger charge is 2.10. The van der Waals surface area contributed by atoms with E-state index in [1.807, 2.05) is 0 Å². The molecule has 0 unspecified atom stereocenters. The van der Waals surface area contributed by atoms with Crippen LogP contribution in [0, 0.1) is 11.8 Å². The maximum absolute atomic E-state index is 4.50. The van der Waals surface area contributed by atoms with Crippen molar-refractivity contribution >= 4 is 0 Å². The van der Waals surface area contributed by atoms with Crippen LogP contribution in [-0.4, -0.2) is 7.05 Å². The van der Waals surface area contributed by atoms with Gasteiger partial charge in [-0.2, -0.15) is 0 Å². The van der Waals surface area contributed by atoms with Crippen molar-refractivity contribution in [1.82, 2.24) is 0 Å². The Labute approximate surface area is 78.0 Å². The molecule has 1 nitrogen and oxygen atoms in total. The Morgan fingerprint density at radius 1 is 1.17 bits per heavy atom. The van der Waals surface area contributed by atoms with Crippen molar-refractivity contribution in [3.8, 4) is 0 Å². The van der Waals surface area contributed by atoms with Crippen LogP contribution in [0.25, 0.3) is 0 Å². The molecular weight excluding hydrogens is 146 g/mol. The standard InChI is InChI=1S/C10H20.CH5N/c1-6-10(7-2)9(5)8(3)4;1-2/h8,10H,5-7H2,1-4H3;2H2,1H3. The molecule has 12 heavy (non-hydrogen) atoms. The van der Waals surface area contributed by atoms with Crippen LogP contribution < -0.4 is 5.73 Å². The molecule has 0 aliphatic rings. The van der Waals surface area contributed by atoms with Crippen molar-refractivity contribution in [3.05, 3.63) is 12.2 Å². The molecule has 74 valence electrons. The summed E-state index contributed by atoms with van der Waals surface area (Å²) >= 11 is 0. The van der Waals surface area contributed by atoms with E-state index in [4.69, 9.17) is 0 Å². The van der Waals surface area contributed by atoms with Crippen LogP contribution in [-0.2, 0) is 0 Å². The average molecular weight is 171 g/mol. The first kappa shape index (κ1) is 14.2. The van der Waals surface area contributed by atoms with E-state index in [-0.39, 0.29) is 0 Å². The first-order valence-electron chi connectivity index (χ1n) is 4.89. The lowest BCUT2D eigenvalue weighted by Crippen LogP contribution is -2.05. The van der Waals surface area contributed by atoms with Crippen LogP contribution in [0.1, 0.15) is 40.5 Å². The van der Waals surface area contributed by atoms with E-state index in [9.17, 15) is 0 Å². The van der Waals surface area contributed by atoms with Gasteiger partial charge in [0.1, 0.15) is 0 Å². The van der Waals surface area contributed by atoms with Crippen molar-refractivity contribution in [2.75, 3.05) is 7.05 Å². The van der Waals surface area contributed by atoms with Gasteiger partial charge in [0.05, 0.1) is 0 Å². The predicted octanol–water partition coefficient (Wildman–Crippen LogP) is 3.21. The summed E-state index contributed by atoms with van der Waals surface area (Å²) in [5, 5.41) is 0. The summed E-state index contributed by atoms with van der Waals surface area (Å²) in [6.45, 7) is 13.0. The van der Waals surface area contributed by atoms with Crippen LogP contribution in [0.15, 0.2) is 12.2 Å². The van der Waals surface area contributed by atoms with Crippen LogP contribution in [0.5, 0.6) is 0 Å². The lowest BCUT2D eigenvalue weighted by molar-refractivity contribution is 0.514. The molecule has 0 rings (SSSR count). The van der Waals surface area contributed by atoms with Gasteiger partial charge in [-0.1, -0.05) is 39.8 Å². The molecule has 0 aliphatic heterocycles. The summed E-state index contributed by atoms with van der Waals surface area (Å²) in [7, 11) is 1.50. The molecule has 0 bridgehead atoms. The first-order chi connectivity index (χ1) is 5.63. The predicted molar refractivity (Wildman–Crippen MR) is 58.2 cm³/mol. The van der Waals surface area contributed by atoms with E-state index in [1.54, 1.807) is 0 Å². The number of allylic oxidation sites excluding steroid dienone is 1. The van der Waals surface area contributed by atoms with Gasteiger partial charge in [-0.3, -0.25) is 0 Å². The second kappa shape index (κ2) is 8.79. The summed E-state index contributed by atoms with van der Waals surface area (Å²) in [6.07, 6.45) is 2.49. The minimum absolute atomic E-state index is 0.657. The van der Waals surface area contributed by atoms with Gasteiger partial charge in [0.2, 0.25) is 0 Å². The third-order valence-corrected chi connectivity index (χ3v) is 2.25. The van der Waals surface area contributed by atoms with Crippen molar-refractivity contribution in [3.63, 3.8) is 0 Å². The van der Waals surface area contributed by atoms with E-state index >= 15 is 0 Å². The largest absolute Gasteiger partial charge is 0.333 e. The number of rotatable bonds is 4. The Hall–Kier alpha value is -0.300. The van der Waals surface area contributed by atoms with Gasteiger partial charge >= 0.3 is 0 Å². The van der Waals surface area contributed by atoms with E-state index in [0.29, 0.717) is 5.92 Å². The van der Waals surface area contributed by atoms with Crippen molar-refractivity contribution in [2.45, 2.75) is 40.5 Å². The number of hydrogen-bond donors (Lipinski definition) is 1.